The first-order valence-electron chi connectivity index (χ1n) is 7.43. The summed E-state index contributed by atoms with van der Waals surface area (Å²) in [5.74, 6) is 0.706. The second kappa shape index (κ2) is 5.59. The summed E-state index contributed by atoms with van der Waals surface area (Å²) in [6, 6.07) is 3.40. The molecule has 2 nitrogen and oxygen atoms in total. The van der Waals surface area contributed by atoms with Gasteiger partial charge in [-0.05, 0) is 74.0 Å². The first-order valence-corrected chi connectivity index (χ1v) is 7.43. The second-order valence-corrected chi connectivity index (χ2v) is 6.06. The number of aryl methyl sites for hydroxylation is 1. The highest BCUT2D eigenvalue weighted by atomic mass is 19.1. The van der Waals surface area contributed by atoms with E-state index in [-0.39, 0.29) is 5.82 Å². The number of hydrogen-bond acceptors (Lipinski definition) is 2. The van der Waals surface area contributed by atoms with Crippen LogP contribution in [0.25, 0.3) is 0 Å². The summed E-state index contributed by atoms with van der Waals surface area (Å²) in [4.78, 5) is 2.55. The van der Waals surface area contributed by atoms with E-state index in [0.29, 0.717) is 0 Å². The summed E-state index contributed by atoms with van der Waals surface area (Å²) in [5.41, 5.74) is 3.69. The molecule has 0 aliphatic carbocycles. The molecule has 2 aliphatic heterocycles. The zero-order valence-electron chi connectivity index (χ0n) is 11.7. The van der Waals surface area contributed by atoms with Gasteiger partial charge < -0.3 is 5.32 Å². The standard InChI is InChI=1S/C16H23FN2/c1-12-7-15(17)8-14-4-6-19(11-16(12)14)10-13-3-2-5-18-9-13/h7-8,13,18H,2-6,9-11H2,1H3. The van der Waals surface area contributed by atoms with Gasteiger partial charge in [-0.25, -0.2) is 4.39 Å². The van der Waals surface area contributed by atoms with Crippen LogP contribution in [0.3, 0.4) is 0 Å². The molecule has 1 unspecified atom stereocenters. The monoisotopic (exact) mass is 262 g/mol. The molecule has 2 aliphatic rings. The lowest BCUT2D eigenvalue weighted by Gasteiger charge is -2.34. The van der Waals surface area contributed by atoms with E-state index >= 15 is 0 Å². The Morgan fingerprint density at radius 1 is 1.42 bits per heavy atom. The van der Waals surface area contributed by atoms with Crippen LogP contribution in [0.4, 0.5) is 4.39 Å². The Balaban J connectivity index is 1.68. The predicted molar refractivity (Wildman–Crippen MR) is 75.7 cm³/mol. The van der Waals surface area contributed by atoms with Crippen molar-refractivity contribution < 1.29 is 4.39 Å². The van der Waals surface area contributed by atoms with Gasteiger partial charge in [-0.15, -0.1) is 0 Å². The molecule has 3 heteroatoms. The summed E-state index contributed by atoms with van der Waals surface area (Å²) in [7, 11) is 0. The van der Waals surface area contributed by atoms with Gasteiger partial charge in [-0.3, -0.25) is 4.90 Å². The van der Waals surface area contributed by atoms with Crippen molar-refractivity contribution in [3.05, 3.63) is 34.6 Å². The van der Waals surface area contributed by atoms with Gasteiger partial charge in [0.1, 0.15) is 5.82 Å². The average Bonchev–Trinajstić information content (AvgIpc) is 2.40. The minimum Gasteiger partial charge on any atom is -0.316 e. The van der Waals surface area contributed by atoms with Crippen LogP contribution >= 0.6 is 0 Å². The van der Waals surface area contributed by atoms with Gasteiger partial charge >= 0.3 is 0 Å². The summed E-state index contributed by atoms with van der Waals surface area (Å²) < 4.78 is 13.4. The lowest BCUT2D eigenvalue weighted by molar-refractivity contribution is 0.193. The molecule has 19 heavy (non-hydrogen) atoms. The first-order chi connectivity index (χ1) is 9.22. The molecule has 1 fully saturated rings. The Hall–Kier alpha value is -0.930. The van der Waals surface area contributed by atoms with Crippen molar-refractivity contribution in [1.82, 2.24) is 10.2 Å². The molecule has 2 heterocycles. The minimum atomic E-state index is -0.0822. The van der Waals surface area contributed by atoms with Crippen LogP contribution in [0.2, 0.25) is 0 Å². The number of rotatable bonds is 2. The van der Waals surface area contributed by atoms with E-state index in [2.05, 4.69) is 10.2 Å². The fourth-order valence-electron chi connectivity index (χ4n) is 3.47. The van der Waals surface area contributed by atoms with Gasteiger partial charge in [0.15, 0.2) is 0 Å². The largest absolute Gasteiger partial charge is 0.316 e. The minimum absolute atomic E-state index is 0.0822. The second-order valence-electron chi connectivity index (χ2n) is 6.06. The third-order valence-corrected chi connectivity index (χ3v) is 4.52. The molecule has 1 aromatic rings. The van der Waals surface area contributed by atoms with Crippen molar-refractivity contribution in [3.8, 4) is 0 Å². The van der Waals surface area contributed by atoms with Crippen molar-refractivity contribution in [2.24, 2.45) is 5.92 Å². The van der Waals surface area contributed by atoms with Gasteiger partial charge in [-0.2, -0.15) is 0 Å². The molecule has 3 rings (SSSR count). The zero-order valence-corrected chi connectivity index (χ0v) is 11.7. The molecule has 0 bridgehead atoms. The molecule has 0 amide bonds. The van der Waals surface area contributed by atoms with Gasteiger partial charge in [0, 0.05) is 19.6 Å². The number of hydrogen-bond donors (Lipinski definition) is 1. The molecule has 1 saturated heterocycles. The SMILES string of the molecule is Cc1cc(F)cc2c1CN(CC1CCCNC1)CC2. The molecule has 1 atom stereocenters. The number of halogens is 1. The zero-order chi connectivity index (χ0) is 13.2. The third-order valence-electron chi connectivity index (χ3n) is 4.52. The van der Waals surface area contributed by atoms with E-state index in [4.69, 9.17) is 0 Å². The summed E-state index contributed by atoms with van der Waals surface area (Å²) in [6.07, 6.45) is 3.65. The van der Waals surface area contributed by atoms with Crippen LogP contribution < -0.4 is 5.32 Å². The van der Waals surface area contributed by atoms with Gasteiger partial charge in [0.05, 0.1) is 0 Å². The molecule has 1 N–H and O–H groups in total. The van der Waals surface area contributed by atoms with Crippen molar-refractivity contribution in [1.29, 1.82) is 0 Å². The molecule has 104 valence electrons. The predicted octanol–water partition coefficient (Wildman–Crippen LogP) is 2.49. The molecule has 0 radical (unpaired) electrons. The van der Waals surface area contributed by atoms with Crippen LogP contribution in [0.5, 0.6) is 0 Å². The topological polar surface area (TPSA) is 15.3 Å². The van der Waals surface area contributed by atoms with Crippen molar-refractivity contribution in [3.63, 3.8) is 0 Å². The summed E-state index contributed by atoms with van der Waals surface area (Å²) in [5, 5.41) is 3.49. The Bertz CT molecular complexity index is 452. The number of benzene rings is 1. The smallest absolute Gasteiger partial charge is 0.123 e. The highest BCUT2D eigenvalue weighted by molar-refractivity contribution is 5.36. The van der Waals surface area contributed by atoms with Gasteiger partial charge in [0.25, 0.3) is 0 Å². The molecular weight excluding hydrogens is 239 g/mol. The lowest BCUT2D eigenvalue weighted by atomic mass is 9.93. The van der Waals surface area contributed by atoms with Crippen LogP contribution in [0, 0.1) is 18.7 Å². The van der Waals surface area contributed by atoms with E-state index < -0.39 is 0 Å². The quantitative estimate of drug-likeness (QED) is 0.881. The maximum Gasteiger partial charge on any atom is 0.123 e. The maximum absolute atomic E-state index is 13.4. The van der Waals surface area contributed by atoms with Gasteiger partial charge in [0.2, 0.25) is 0 Å². The van der Waals surface area contributed by atoms with Crippen molar-refractivity contribution >= 4 is 0 Å². The van der Waals surface area contributed by atoms with Gasteiger partial charge in [-0.1, -0.05) is 0 Å². The summed E-state index contributed by atoms with van der Waals surface area (Å²) in [6.45, 7) is 7.63. The van der Waals surface area contributed by atoms with Crippen LogP contribution in [0.1, 0.15) is 29.5 Å². The van der Waals surface area contributed by atoms with E-state index in [1.54, 1.807) is 12.1 Å². The Morgan fingerprint density at radius 2 is 2.32 bits per heavy atom. The fraction of sp³-hybridized carbons (Fsp3) is 0.625. The van der Waals surface area contributed by atoms with E-state index in [0.717, 1.165) is 37.5 Å². The highest BCUT2D eigenvalue weighted by Gasteiger charge is 2.22. The Morgan fingerprint density at radius 3 is 3.11 bits per heavy atom. The molecule has 1 aromatic carbocycles. The summed E-state index contributed by atoms with van der Waals surface area (Å²) >= 11 is 0. The lowest BCUT2D eigenvalue weighted by Crippen LogP contribution is -2.40. The molecule has 0 aromatic heterocycles. The molecular formula is C16H23FN2. The number of nitrogens with zero attached hydrogens (tertiary/aromatic N) is 1. The Labute approximate surface area is 115 Å². The van der Waals surface area contributed by atoms with E-state index in [9.17, 15) is 4.39 Å². The number of piperidine rings is 1. The average molecular weight is 262 g/mol. The normalized spacial score (nSPS) is 24.2. The van der Waals surface area contributed by atoms with Crippen LogP contribution in [-0.4, -0.2) is 31.1 Å². The van der Waals surface area contributed by atoms with E-state index in [1.807, 2.05) is 6.92 Å². The number of fused-ring (bicyclic) bond motifs is 1. The maximum atomic E-state index is 13.4. The van der Waals surface area contributed by atoms with Crippen LogP contribution in [-0.2, 0) is 13.0 Å². The first kappa shape index (κ1) is 13.1. The number of nitrogens with one attached hydrogen (secondary N) is 1. The fourth-order valence-corrected chi connectivity index (χ4v) is 3.47. The highest BCUT2D eigenvalue weighted by Crippen LogP contribution is 2.25. The molecule has 0 spiro atoms. The molecule has 0 saturated carbocycles. The Kier molecular flexibility index (Phi) is 3.85. The van der Waals surface area contributed by atoms with E-state index in [1.165, 1.54) is 37.1 Å². The van der Waals surface area contributed by atoms with Crippen LogP contribution in [0.15, 0.2) is 12.1 Å². The van der Waals surface area contributed by atoms with Crippen molar-refractivity contribution in [2.75, 3.05) is 26.2 Å². The third kappa shape index (κ3) is 2.98. The van der Waals surface area contributed by atoms with Crippen molar-refractivity contribution in [2.45, 2.75) is 32.7 Å².